The molecule has 0 bridgehead atoms. The number of primary amides is 1. The highest BCUT2D eigenvalue weighted by atomic mass is 35.5. The van der Waals surface area contributed by atoms with Gasteiger partial charge in [-0.1, -0.05) is 48.0 Å². The second-order valence-electron chi connectivity index (χ2n) is 4.20. The summed E-state index contributed by atoms with van der Waals surface area (Å²) in [6.07, 6.45) is -5.93. The van der Waals surface area contributed by atoms with E-state index in [0.717, 1.165) is 11.1 Å². The molecule has 0 atom stereocenters. The number of hydrogen-bond donors (Lipinski definition) is 2. The topological polar surface area (TPSA) is 89.6 Å². The summed E-state index contributed by atoms with van der Waals surface area (Å²) in [4.78, 5) is 19.7. The van der Waals surface area contributed by atoms with Crippen LogP contribution < -0.4 is 10.5 Å². The van der Waals surface area contributed by atoms with Crippen LogP contribution in [-0.4, -0.2) is 23.3 Å². The lowest BCUT2D eigenvalue weighted by atomic mass is 10.0. The first-order chi connectivity index (χ1) is 11.1. The van der Waals surface area contributed by atoms with Crippen molar-refractivity contribution in [3.8, 4) is 16.9 Å². The molecule has 0 saturated heterocycles. The fourth-order valence-corrected chi connectivity index (χ4v) is 1.80. The Bertz CT molecular complexity index is 735. The van der Waals surface area contributed by atoms with Crippen LogP contribution in [0.25, 0.3) is 11.1 Å². The number of hydrogen-bond acceptors (Lipinski definition) is 3. The molecule has 0 unspecified atom stereocenters. The quantitative estimate of drug-likeness (QED) is 0.842. The molecule has 0 aromatic heterocycles. The van der Waals surface area contributed by atoms with Crippen molar-refractivity contribution in [3.63, 3.8) is 0 Å². The molecule has 9 heteroatoms. The summed E-state index contributed by atoms with van der Waals surface area (Å²) in [5.74, 6) is -2.36. The van der Waals surface area contributed by atoms with Gasteiger partial charge >= 0.3 is 18.2 Å². The van der Waals surface area contributed by atoms with E-state index in [1.165, 1.54) is 0 Å². The van der Waals surface area contributed by atoms with Crippen LogP contribution in [-0.2, 0) is 4.79 Å². The third kappa shape index (κ3) is 5.81. The highest BCUT2D eigenvalue weighted by molar-refractivity contribution is 6.33. The van der Waals surface area contributed by atoms with Gasteiger partial charge < -0.3 is 15.6 Å². The van der Waals surface area contributed by atoms with Crippen molar-refractivity contribution in [2.75, 3.05) is 0 Å². The summed E-state index contributed by atoms with van der Waals surface area (Å²) < 4.78 is 36.7. The minimum absolute atomic E-state index is 0.396. The van der Waals surface area contributed by atoms with E-state index < -0.39 is 18.2 Å². The van der Waals surface area contributed by atoms with Gasteiger partial charge in [-0.15, -0.1) is 0 Å². The molecular weight excluding hydrogens is 351 g/mol. The zero-order valence-electron chi connectivity index (χ0n) is 11.9. The van der Waals surface area contributed by atoms with Gasteiger partial charge in [-0.25, -0.2) is 9.59 Å². The molecule has 0 radical (unpaired) electrons. The molecule has 128 valence electrons. The number of carboxylic acid groups (broad SMARTS) is 1. The van der Waals surface area contributed by atoms with E-state index in [2.05, 4.69) is 0 Å². The Morgan fingerprint density at radius 3 is 1.92 bits per heavy atom. The Kier molecular flexibility index (Phi) is 6.60. The van der Waals surface area contributed by atoms with E-state index in [1.54, 1.807) is 18.2 Å². The molecule has 1 amide bonds. The lowest BCUT2D eigenvalue weighted by Gasteiger charge is -2.09. The SMILES string of the molecule is NC(=O)Oc1ccccc1-c1ccccc1Cl.O=C(O)C(F)(F)F. The summed E-state index contributed by atoms with van der Waals surface area (Å²) in [6.45, 7) is 0. The van der Waals surface area contributed by atoms with Gasteiger partial charge in [0, 0.05) is 16.1 Å². The molecule has 2 aromatic rings. The van der Waals surface area contributed by atoms with Crippen LogP contribution >= 0.6 is 11.6 Å². The van der Waals surface area contributed by atoms with Crippen LogP contribution in [0.15, 0.2) is 48.5 Å². The van der Waals surface area contributed by atoms with Gasteiger partial charge in [-0.2, -0.15) is 13.2 Å². The molecule has 24 heavy (non-hydrogen) atoms. The van der Waals surface area contributed by atoms with Crippen LogP contribution in [0, 0.1) is 0 Å². The van der Waals surface area contributed by atoms with Crippen molar-refractivity contribution < 1.29 is 32.6 Å². The van der Waals surface area contributed by atoms with Crippen LogP contribution in [0.2, 0.25) is 5.02 Å². The standard InChI is InChI=1S/C13H10ClNO2.C2HF3O2/c14-11-7-3-1-5-9(11)10-6-2-4-8-12(10)17-13(15)16;3-2(4,5)1(6)7/h1-8H,(H2,15,16);(H,6,7). The fourth-order valence-electron chi connectivity index (χ4n) is 1.57. The minimum Gasteiger partial charge on any atom is -0.475 e. The molecular formula is C15H11ClF3NO4. The van der Waals surface area contributed by atoms with Crippen LogP contribution in [0.3, 0.4) is 0 Å². The Balaban J connectivity index is 0.000000351. The number of para-hydroxylation sites is 1. The van der Waals surface area contributed by atoms with E-state index >= 15 is 0 Å². The number of aliphatic carboxylic acids is 1. The van der Waals surface area contributed by atoms with Crippen molar-refractivity contribution in [1.29, 1.82) is 0 Å². The zero-order chi connectivity index (χ0) is 18.3. The number of carbonyl (C=O) groups excluding carboxylic acids is 1. The van der Waals surface area contributed by atoms with Gasteiger partial charge in [0.05, 0.1) is 0 Å². The lowest BCUT2D eigenvalue weighted by molar-refractivity contribution is -0.192. The minimum atomic E-state index is -5.08. The number of nitrogens with two attached hydrogens (primary N) is 1. The molecule has 0 aliphatic carbocycles. The zero-order valence-corrected chi connectivity index (χ0v) is 12.6. The molecule has 0 heterocycles. The third-order valence-electron chi connectivity index (χ3n) is 2.50. The van der Waals surface area contributed by atoms with Crippen molar-refractivity contribution in [3.05, 3.63) is 53.6 Å². The van der Waals surface area contributed by atoms with Gasteiger partial charge in [0.2, 0.25) is 0 Å². The number of rotatable bonds is 2. The van der Waals surface area contributed by atoms with E-state index in [1.807, 2.05) is 30.3 Å². The molecule has 0 aliphatic heterocycles. The summed E-state index contributed by atoms with van der Waals surface area (Å²) in [5.41, 5.74) is 6.55. The number of halogens is 4. The number of carboxylic acids is 1. The molecule has 2 rings (SSSR count). The first-order valence-electron chi connectivity index (χ1n) is 6.24. The second-order valence-corrected chi connectivity index (χ2v) is 4.61. The molecule has 0 saturated carbocycles. The van der Waals surface area contributed by atoms with E-state index in [-0.39, 0.29) is 0 Å². The summed E-state index contributed by atoms with van der Waals surface area (Å²) in [6, 6.07) is 14.4. The summed E-state index contributed by atoms with van der Waals surface area (Å²) >= 11 is 6.10. The molecule has 0 spiro atoms. The number of benzene rings is 2. The predicted octanol–water partition coefficient (Wildman–Crippen LogP) is 4.10. The van der Waals surface area contributed by atoms with Crippen molar-refractivity contribution in [2.45, 2.75) is 6.18 Å². The smallest absolute Gasteiger partial charge is 0.475 e. The predicted molar refractivity (Wildman–Crippen MR) is 80.8 cm³/mol. The highest BCUT2D eigenvalue weighted by Crippen LogP contribution is 2.34. The van der Waals surface area contributed by atoms with Crippen LogP contribution in [0.4, 0.5) is 18.0 Å². The Hall–Kier alpha value is -2.74. The number of amides is 1. The Morgan fingerprint density at radius 1 is 1.00 bits per heavy atom. The molecule has 2 aromatic carbocycles. The van der Waals surface area contributed by atoms with Gasteiger partial charge in [0.1, 0.15) is 5.75 Å². The fraction of sp³-hybridized carbons (Fsp3) is 0.0667. The maximum atomic E-state index is 10.8. The van der Waals surface area contributed by atoms with Crippen LogP contribution in [0.5, 0.6) is 5.75 Å². The molecule has 0 aliphatic rings. The van der Waals surface area contributed by atoms with E-state index in [4.69, 9.17) is 32.0 Å². The Morgan fingerprint density at radius 2 is 1.46 bits per heavy atom. The maximum Gasteiger partial charge on any atom is 0.490 e. The first kappa shape index (κ1) is 19.3. The normalized spacial score (nSPS) is 10.3. The maximum absolute atomic E-state index is 10.8. The number of alkyl halides is 3. The van der Waals surface area contributed by atoms with Crippen molar-refractivity contribution in [2.24, 2.45) is 5.73 Å². The molecule has 0 fully saturated rings. The second kappa shape index (κ2) is 8.21. The van der Waals surface area contributed by atoms with E-state index in [0.29, 0.717) is 10.8 Å². The monoisotopic (exact) mass is 361 g/mol. The lowest BCUT2D eigenvalue weighted by Crippen LogP contribution is -2.21. The molecule has 3 N–H and O–H groups in total. The first-order valence-corrected chi connectivity index (χ1v) is 6.62. The largest absolute Gasteiger partial charge is 0.490 e. The van der Waals surface area contributed by atoms with Crippen LogP contribution in [0.1, 0.15) is 0 Å². The highest BCUT2D eigenvalue weighted by Gasteiger charge is 2.38. The van der Waals surface area contributed by atoms with Gasteiger partial charge in [0.15, 0.2) is 0 Å². The average Bonchev–Trinajstić information content (AvgIpc) is 2.48. The van der Waals surface area contributed by atoms with Gasteiger partial charge in [-0.3, -0.25) is 0 Å². The van der Waals surface area contributed by atoms with Crippen molar-refractivity contribution >= 4 is 23.7 Å². The number of ether oxygens (including phenoxy) is 1. The molecule has 5 nitrogen and oxygen atoms in total. The van der Waals surface area contributed by atoms with Gasteiger partial charge in [-0.05, 0) is 12.1 Å². The summed E-state index contributed by atoms with van der Waals surface area (Å²) in [7, 11) is 0. The van der Waals surface area contributed by atoms with E-state index in [9.17, 15) is 18.0 Å². The average molecular weight is 362 g/mol. The Labute approximate surface area is 139 Å². The van der Waals surface area contributed by atoms with Gasteiger partial charge in [0.25, 0.3) is 0 Å². The number of carbonyl (C=O) groups is 2. The third-order valence-corrected chi connectivity index (χ3v) is 2.83. The van der Waals surface area contributed by atoms with Crippen molar-refractivity contribution in [1.82, 2.24) is 0 Å². The summed E-state index contributed by atoms with van der Waals surface area (Å²) in [5, 5.41) is 7.72.